The van der Waals surface area contributed by atoms with Crippen LogP contribution in [0.5, 0.6) is 0 Å². The smallest absolute Gasteiger partial charge is 0.276 e. The van der Waals surface area contributed by atoms with E-state index in [4.69, 9.17) is 15.0 Å². The summed E-state index contributed by atoms with van der Waals surface area (Å²) in [5.41, 5.74) is 13.3. The molecule has 7 nitrogen and oxygen atoms in total. The molecule has 0 spiro atoms. The normalized spacial score (nSPS) is 20.1. The molecular formula is C44H43N7S+2. The maximum Gasteiger partial charge on any atom is 0.349 e. The molecule has 7 aromatic rings. The van der Waals surface area contributed by atoms with Gasteiger partial charge in [-0.15, -0.1) is 11.3 Å². The number of benzene rings is 3. The van der Waals surface area contributed by atoms with Gasteiger partial charge in [-0.1, -0.05) is 81.8 Å². The Balaban J connectivity index is 1.25. The van der Waals surface area contributed by atoms with Crippen LogP contribution in [0, 0.1) is 0 Å². The molecular weight excluding hydrogens is 659 g/mol. The number of rotatable bonds is 7. The Hall–Kier alpha value is -5.05. The highest BCUT2D eigenvalue weighted by Crippen LogP contribution is 2.49. The molecule has 0 fully saturated rings. The summed E-state index contributed by atoms with van der Waals surface area (Å²) in [6.45, 7) is 6.98. The van der Waals surface area contributed by atoms with E-state index in [1.807, 2.05) is 23.7 Å². The van der Waals surface area contributed by atoms with E-state index in [1.165, 1.54) is 55.4 Å². The average molecular weight is 702 g/mol. The fraction of sp³-hybridized carbons (Fsp3) is 0.295. The second-order valence-electron chi connectivity index (χ2n) is 14.6. The van der Waals surface area contributed by atoms with E-state index in [1.54, 1.807) is 0 Å². The van der Waals surface area contributed by atoms with Crippen molar-refractivity contribution < 1.29 is 9.13 Å². The Morgan fingerprint density at radius 2 is 1.71 bits per heavy atom. The minimum Gasteiger partial charge on any atom is -0.276 e. The van der Waals surface area contributed by atoms with Crippen molar-refractivity contribution in [3.63, 3.8) is 0 Å². The molecule has 1 N–H and O–H groups in total. The number of thiophene rings is 1. The van der Waals surface area contributed by atoms with Crippen LogP contribution in [0.2, 0.25) is 0 Å². The van der Waals surface area contributed by atoms with E-state index in [9.17, 15) is 0 Å². The molecule has 0 bridgehead atoms. The Morgan fingerprint density at radius 1 is 0.865 bits per heavy atom. The van der Waals surface area contributed by atoms with Crippen molar-refractivity contribution in [1.82, 2.24) is 20.4 Å². The molecule has 3 aliphatic heterocycles. The molecule has 0 radical (unpaired) electrons. The van der Waals surface area contributed by atoms with Gasteiger partial charge >= 0.3 is 5.65 Å². The predicted octanol–water partition coefficient (Wildman–Crippen LogP) is 8.74. The van der Waals surface area contributed by atoms with E-state index >= 15 is 0 Å². The number of nitrogens with one attached hydrogen (secondary N) is 1. The number of fused-ring (bicyclic) bond motifs is 12. The molecule has 3 atom stereocenters. The number of aromatic nitrogens is 4. The summed E-state index contributed by atoms with van der Waals surface area (Å²) in [4.78, 5) is 15.4. The number of unbranched alkanes of at least 4 members (excludes halogenated alkanes) is 1. The summed E-state index contributed by atoms with van der Waals surface area (Å²) >= 11 is 1.95. The number of pyridine rings is 2. The molecule has 0 amide bonds. The van der Waals surface area contributed by atoms with Crippen LogP contribution in [0.4, 0.5) is 0 Å². The third-order valence-electron chi connectivity index (χ3n) is 12.1. The fourth-order valence-electron chi connectivity index (χ4n) is 9.45. The zero-order valence-corrected chi connectivity index (χ0v) is 30.8. The first-order chi connectivity index (χ1) is 25.6. The van der Waals surface area contributed by atoms with Crippen molar-refractivity contribution in [3.8, 4) is 11.3 Å². The maximum atomic E-state index is 5.50. The highest BCUT2D eigenvalue weighted by molar-refractivity contribution is 7.26. The first-order valence-corrected chi connectivity index (χ1v) is 19.8. The molecule has 0 saturated carbocycles. The van der Waals surface area contributed by atoms with E-state index in [2.05, 4.69) is 138 Å². The van der Waals surface area contributed by atoms with Crippen molar-refractivity contribution in [2.45, 2.75) is 83.1 Å². The third kappa shape index (κ3) is 4.56. The van der Waals surface area contributed by atoms with Crippen molar-refractivity contribution in [2.75, 3.05) is 0 Å². The average Bonchev–Trinajstić information content (AvgIpc) is 3.89. The number of nitrogens with zero attached hydrogens (tertiary/aromatic N) is 6. The molecule has 4 aromatic heterocycles. The van der Waals surface area contributed by atoms with Crippen LogP contribution in [-0.2, 0) is 12.0 Å². The van der Waals surface area contributed by atoms with Gasteiger partial charge in [-0.05, 0) is 53.2 Å². The first kappa shape index (κ1) is 31.7. The van der Waals surface area contributed by atoms with Crippen molar-refractivity contribution in [2.24, 2.45) is 4.99 Å². The second kappa shape index (κ2) is 12.3. The van der Waals surface area contributed by atoms with Crippen LogP contribution in [0.25, 0.3) is 42.6 Å². The quantitative estimate of drug-likeness (QED) is 0.169. The zero-order valence-electron chi connectivity index (χ0n) is 30.0. The van der Waals surface area contributed by atoms with E-state index in [-0.39, 0.29) is 23.8 Å². The molecule has 3 unspecified atom stereocenters. The number of hydrogen-bond donors (Lipinski definition) is 1. The summed E-state index contributed by atoms with van der Waals surface area (Å²) in [6, 6.07) is 33.4. The minimum atomic E-state index is -0.188. The molecule has 52 heavy (non-hydrogen) atoms. The van der Waals surface area contributed by atoms with E-state index in [0.717, 1.165) is 53.9 Å². The van der Waals surface area contributed by atoms with Crippen LogP contribution in [0.3, 0.4) is 0 Å². The van der Waals surface area contributed by atoms with E-state index < -0.39 is 0 Å². The fourth-order valence-corrected chi connectivity index (χ4v) is 10.8. The van der Waals surface area contributed by atoms with Gasteiger partial charge in [0.15, 0.2) is 23.4 Å². The van der Waals surface area contributed by atoms with Gasteiger partial charge < -0.3 is 0 Å². The van der Waals surface area contributed by atoms with Crippen LogP contribution in [0.1, 0.15) is 87.5 Å². The maximum absolute atomic E-state index is 5.50. The molecule has 0 aliphatic carbocycles. The van der Waals surface area contributed by atoms with Crippen LogP contribution in [0.15, 0.2) is 115 Å². The molecule has 7 heterocycles. The predicted molar refractivity (Wildman–Crippen MR) is 209 cm³/mol. The van der Waals surface area contributed by atoms with Crippen LogP contribution < -0.4 is 14.6 Å². The number of aryl methyl sites for hydroxylation is 1. The van der Waals surface area contributed by atoms with Crippen molar-refractivity contribution in [1.29, 1.82) is 0 Å². The van der Waals surface area contributed by atoms with Gasteiger partial charge in [-0.2, -0.15) is 4.57 Å². The van der Waals surface area contributed by atoms with Crippen molar-refractivity contribution >= 4 is 48.5 Å². The number of aliphatic imine (C=N–C) groups is 1. The summed E-state index contributed by atoms with van der Waals surface area (Å²) in [5.74, 6) is 0.994. The molecule has 0 saturated heterocycles. The lowest BCUT2D eigenvalue weighted by Crippen LogP contribution is -2.60. The minimum absolute atomic E-state index is 0.0109. The van der Waals surface area contributed by atoms with Gasteiger partial charge in [0.05, 0.1) is 12.2 Å². The van der Waals surface area contributed by atoms with Gasteiger partial charge in [-0.25, -0.2) is 20.0 Å². The summed E-state index contributed by atoms with van der Waals surface area (Å²) in [5, 5.41) is 5.22. The van der Waals surface area contributed by atoms with Crippen LogP contribution >= 0.6 is 11.3 Å². The lowest BCUT2D eigenvalue weighted by Gasteiger charge is -2.35. The van der Waals surface area contributed by atoms with Gasteiger partial charge in [0.2, 0.25) is 11.5 Å². The molecule has 3 aliphatic rings. The monoisotopic (exact) mass is 701 g/mol. The molecule has 258 valence electrons. The topological polar surface area (TPSA) is 61.2 Å². The number of amidine groups is 1. The lowest BCUT2D eigenvalue weighted by molar-refractivity contribution is -0.769. The summed E-state index contributed by atoms with van der Waals surface area (Å²) in [6.07, 6.45) is 12.2. The van der Waals surface area contributed by atoms with E-state index in [0.29, 0.717) is 0 Å². The lowest BCUT2D eigenvalue weighted by atomic mass is 9.81. The molecule has 8 heteroatoms. The van der Waals surface area contributed by atoms with Crippen molar-refractivity contribution in [3.05, 3.63) is 132 Å². The first-order valence-electron chi connectivity index (χ1n) is 19.0. The molecule has 3 aromatic carbocycles. The Kier molecular flexibility index (Phi) is 7.48. The Bertz CT molecular complexity index is 2540. The van der Waals surface area contributed by atoms with Gasteiger partial charge in [0.25, 0.3) is 0 Å². The van der Waals surface area contributed by atoms with Gasteiger partial charge in [-0.3, -0.25) is 5.01 Å². The molecule has 10 rings (SSSR count). The highest BCUT2D eigenvalue weighted by atomic mass is 32.1. The van der Waals surface area contributed by atoms with Crippen LogP contribution in [-0.4, -0.2) is 26.9 Å². The van der Waals surface area contributed by atoms with Gasteiger partial charge in [0.1, 0.15) is 17.9 Å². The Labute approximate surface area is 308 Å². The SMILES string of the molecule is CCCCc1cccc2sc3c4c(ccc3c12)C(C1CC(CC)(CC)[n+]2ccccc2C2=NC(c3ccccc3)NN21)[n+]1c-4ccc2nccnc21. The summed E-state index contributed by atoms with van der Waals surface area (Å²) < 4.78 is 7.78. The Morgan fingerprint density at radius 3 is 2.56 bits per heavy atom. The third-order valence-corrected chi connectivity index (χ3v) is 13.3. The van der Waals surface area contributed by atoms with Gasteiger partial charge in [0, 0.05) is 62.7 Å². The second-order valence-corrected chi connectivity index (χ2v) is 15.7. The number of hydrogen-bond acceptors (Lipinski definition) is 6. The zero-order chi connectivity index (χ0) is 35.0. The largest absolute Gasteiger partial charge is 0.349 e. The standard InChI is InChI=1S/C44H43N7S/c1-4-7-14-28-17-13-19-36-37(28)31-21-20-30-38(40(31)52-36)33-23-22-32-42(46-25-24-45-32)50(33)39(30)35-27-44(5-2,6-3)49-26-12-11-18-34(49)43-47-41(48-51(35)43)29-15-9-8-10-16-29/h8-13,15-26,35,39,41,48H,4-7,14,27H2,1-3H3/q+2. The highest BCUT2D eigenvalue weighted by Gasteiger charge is 2.55. The summed E-state index contributed by atoms with van der Waals surface area (Å²) in [7, 11) is 0. The number of hydrazine groups is 1.